The number of imidazole rings is 1. The number of primary amides is 1. The van der Waals surface area contributed by atoms with Gasteiger partial charge in [-0.2, -0.15) is 13.2 Å². The van der Waals surface area contributed by atoms with E-state index < -0.39 is 30.4 Å². The summed E-state index contributed by atoms with van der Waals surface area (Å²) in [5.41, 5.74) is 6.01. The third-order valence-corrected chi connectivity index (χ3v) is 6.09. The van der Waals surface area contributed by atoms with E-state index in [-0.39, 0.29) is 21.8 Å². The Morgan fingerprint density at radius 3 is 2.75 bits per heavy atom. The van der Waals surface area contributed by atoms with Crippen LogP contribution in [0.3, 0.4) is 0 Å². The second-order valence-electron chi connectivity index (χ2n) is 7.08. The molecule has 0 spiro atoms. The van der Waals surface area contributed by atoms with Crippen molar-refractivity contribution in [3.63, 3.8) is 0 Å². The van der Waals surface area contributed by atoms with Crippen LogP contribution in [0, 0.1) is 0 Å². The molecule has 0 aliphatic heterocycles. The standard InChI is InChI=1S/C22H18F3N3O3S/c1-12(14-6-5-13(11-29)8-15(14)22(23,24)25)31-17-9-18(32-20(17)21(26)30)16-10-27-19-4-2-3-7-28(16)19/h2-10,12,29H,11H2,1H3,(H2,26,30). The van der Waals surface area contributed by atoms with Crippen LogP contribution in [0.2, 0.25) is 0 Å². The normalized spacial score (nSPS) is 12.8. The van der Waals surface area contributed by atoms with Crippen molar-refractivity contribution >= 4 is 22.9 Å². The first-order valence-corrected chi connectivity index (χ1v) is 10.3. The van der Waals surface area contributed by atoms with Crippen LogP contribution >= 0.6 is 11.3 Å². The number of nitrogens with zero attached hydrogens (tertiary/aromatic N) is 2. The van der Waals surface area contributed by atoms with Gasteiger partial charge in [0.05, 0.1) is 28.9 Å². The number of thiophene rings is 1. The molecule has 0 saturated heterocycles. The fourth-order valence-corrected chi connectivity index (χ4v) is 4.38. The maximum Gasteiger partial charge on any atom is 0.416 e. The van der Waals surface area contributed by atoms with Gasteiger partial charge in [-0.05, 0) is 30.7 Å². The number of rotatable bonds is 6. The molecule has 3 N–H and O–H groups in total. The number of hydrogen-bond acceptors (Lipinski definition) is 5. The molecule has 10 heteroatoms. The van der Waals surface area contributed by atoms with E-state index in [0.717, 1.165) is 17.4 Å². The van der Waals surface area contributed by atoms with Gasteiger partial charge in [-0.25, -0.2) is 4.98 Å². The number of carbonyl (C=O) groups excluding carboxylic acids is 1. The Kier molecular flexibility index (Phi) is 5.66. The van der Waals surface area contributed by atoms with E-state index in [4.69, 9.17) is 10.5 Å². The maximum atomic E-state index is 13.6. The van der Waals surface area contributed by atoms with Gasteiger partial charge in [0.25, 0.3) is 5.91 Å². The van der Waals surface area contributed by atoms with Gasteiger partial charge in [-0.15, -0.1) is 11.3 Å². The molecule has 1 unspecified atom stereocenters. The number of aliphatic hydroxyl groups is 1. The minimum absolute atomic E-state index is 0.0928. The van der Waals surface area contributed by atoms with Crippen LogP contribution in [0.1, 0.15) is 39.4 Å². The summed E-state index contributed by atoms with van der Waals surface area (Å²) in [7, 11) is 0. The first-order valence-electron chi connectivity index (χ1n) is 9.52. The van der Waals surface area contributed by atoms with Crippen LogP contribution in [0.4, 0.5) is 13.2 Å². The Morgan fingerprint density at radius 2 is 2.06 bits per heavy atom. The van der Waals surface area contributed by atoms with E-state index in [0.29, 0.717) is 16.2 Å². The van der Waals surface area contributed by atoms with Crippen LogP contribution in [0.15, 0.2) is 54.9 Å². The summed E-state index contributed by atoms with van der Waals surface area (Å²) in [6.07, 6.45) is -2.24. The molecule has 1 amide bonds. The lowest BCUT2D eigenvalue weighted by Crippen LogP contribution is -2.16. The predicted octanol–water partition coefficient (Wildman–Crippen LogP) is 4.81. The van der Waals surface area contributed by atoms with E-state index in [2.05, 4.69) is 4.98 Å². The van der Waals surface area contributed by atoms with Crippen molar-refractivity contribution in [3.05, 3.63) is 76.4 Å². The molecule has 32 heavy (non-hydrogen) atoms. The number of nitrogens with two attached hydrogens (primary N) is 1. The number of halogens is 3. The van der Waals surface area contributed by atoms with Crippen LogP contribution in [0.5, 0.6) is 5.75 Å². The van der Waals surface area contributed by atoms with Crippen molar-refractivity contribution in [2.75, 3.05) is 0 Å². The van der Waals surface area contributed by atoms with Gasteiger partial charge in [0.1, 0.15) is 22.4 Å². The van der Waals surface area contributed by atoms with Gasteiger partial charge in [-0.1, -0.05) is 18.2 Å². The van der Waals surface area contributed by atoms with Crippen molar-refractivity contribution in [2.45, 2.75) is 25.8 Å². The average Bonchev–Trinajstić information content (AvgIpc) is 3.36. The van der Waals surface area contributed by atoms with Gasteiger partial charge in [0, 0.05) is 17.8 Å². The second kappa shape index (κ2) is 8.29. The Labute approximate surface area is 184 Å². The minimum Gasteiger partial charge on any atom is -0.484 e. The summed E-state index contributed by atoms with van der Waals surface area (Å²) in [5, 5.41) is 9.20. The molecule has 0 saturated carbocycles. The summed E-state index contributed by atoms with van der Waals surface area (Å²) < 4.78 is 48.4. The van der Waals surface area contributed by atoms with Gasteiger partial charge in [0.15, 0.2) is 0 Å². The van der Waals surface area contributed by atoms with Crippen LogP contribution in [-0.4, -0.2) is 20.4 Å². The number of pyridine rings is 1. The van der Waals surface area contributed by atoms with Crippen molar-refractivity contribution < 1.29 is 27.8 Å². The van der Waals surface area contributed by atoms with E-state index in [1.165, 1.54) is 19.1 Å². The lowest BCUT2D eigenvalue weighted by Gasteiger charge is -2.20. The molecular formula is C22H18F3N3O3S. The molecule has 1 atom stereocenters. The van der Waals surface area contributed by atoms with E-state index >= 15 is 0 Å². The number of benzene rings is 1. The predicted molar refractivity (Wildman–Crippen MR) is 113 cm³/mol. The molecule has 0 radical (unpaired) electrons. The van der Waals surface area contributed by atoms with Crippen LogP contribution in [-0.2, 0) is 12.8 Å². The third-order valence-electron chi connectivity index (χ3n) is 4.94. The number of alkyl halides is 3. The summed E-state index contributed by atoms with van der Waals surface area (Å²) in [5.74, 6) is -0.654. The number of aliphatic hydroxyl groups excluding tert-OH is 1. The van der Waals surface area contributed by atoms with Gasteiger partial charge in [-0.3, -0.25) is 9.20 Å². The molecule has 166 valence electrons. The SMILES string of the molecule is CC(Oc1cc(-c2cnc3ccccn23)sc1C(N)=O)c1ccc(CO)cc1C(F)(F)F. The number of amides is 1. The van der Waals surface area contributed by atoms with Crippen molar-refractivity contribution in [3.8, 4) is 16.3 Å². The van der Waals surface area contributed by atoms with Crippen molar-refractivity contribution in [2.24, 2.45) is 5.73 Å². The molecule has 4 aromatic rings. The first kappa shape index (κ1) is 21.8. The largest absolute Gasteiger partial charge is 0.484 e. The first-order chi connectivity index (χ1) is 15.2. The molecule has 6 nitrogen and oxygen atoms in total. The molecular weight excluding hydrogens is 443 g/mol. The minimum atomic E-state index is -4.64. The second-order valence-corrected chi connectivity index (χ2v) is 8.13. The zero-order valence-electron chi connectivity index (χ0n) is 16.8. The summed E-state index contributed by atoms with van der Waals surface area (Å²) in [6.45, 7) is 0.942. The molecule has 1 aromatic carbocycles. The fourth-order valence-electron chi connectivity index (χ4n) is 3.43. The van der Waals surface area contributed by atoms with E-state index in [1.54, 1.807) is 12.3 Å². The van der Waals surface area contributed by atoms with Gasteiger partial charge in [0.2, 0.25) is 0 Å². The summed E-state index contributed by atoms with van der Waals surface area (Å²) in [4.78, 5) is 17.1. The monoisotopic (exact) mass is 461 g/mol. The lowest BCUT2D eigenvalue weighted by atomic mass is 10.00. The lowest BCUT2D eigenvalue weighted by molar-refractivity contribution is -0.139. The maximum absolute atomic E-state index is 13.6. The summed E-state index contributed by atoms with van der Waals surface area (Å²) in [6, 6.07) is 10.6. The quantitative estimate of drug-likeness (QED) is 0.431. The number of hydrogen-bond donors (Lipinski definition) is 2. The molecule has 0 aliphatic carbocycles. The van der Waals surface area contributed by atoms with Crippen LogP contribution in [0.25, 0.3) is 16.2 Å². The van der Waals surface area contributed by atoms with Crippen molar-refractivity contribution in [1.29, 1.82) is 0 Å². The van der Waals surface area contributed by atoms with Gasteiger partial charge < -0.3 is 15.6 Å². The average molecular weight is 461 g/mol. The molecule has 4 rings (SSSR count). The number of fused-ring (bicyclic) bond motifs is 1. The molecule has 0 bridgehead atoms. The Morgan fingerprint density at radius 1 is 1.28 bits per heavy atom. The summed E-state index contributed by atoms with van der Waals surface area (Å²) >= 11 is 1.08. The van der Waals surface area contributed by atoms with Crippen LogP contribution < -0.4 is 10.5 Å². The zero-order chi connectivity index (χ0) is 23.0. The molecule has 0 aliphatic rings. The fraction of sp³-hybridized carbons (Fsp3) is 0.182. The topological polar surface area (TPSA) is 89.9 Å². The number of ether oxygens (including phenoxy) is 1. The Hall–Kier alpha value is -3.37. The smallest absolute Gasteiger partial charge is 0.416 e. The highest BCUT2D eigenvalue weighted by Gasteiger charge is 2.35. The van der Waals surface area contributed by atoms with Gasteiger partial charge >= 0.3 is 6.18 Å². The number of aromatic nitrogens is 2. The third kappa shape index (κ3) is 4.06. The Bertz CT molecular complexity index is 1300. The Balaban J connectivity index is 1.73. The highest BCUT2D eigenvalue weighted by atomic mass is 32.1. The highest BCUT2D eigenvalue weighted by Crippen LogP contribution is 2.41. The molecule has 0 fully saturated rings. The van der Waals surface area contributed by atoms with E-state index in [1.807, 2.05) is 28.8 Å². The molecule has 3 aromatic heterocycles. The van der Waals surface area contributed by atoms with Crippen molar-refractivity contribution in [1.82, 2.24) is 9.38 Å². The highest BCUT2D eigenvalue weighted by molar-refractivity contribution is 7.17. The van der Waals surface area contributed by atoms with E-state index in [9.17, 15) is 23.1 Å². The number of carbonyl (C=O) groups is 1. The molecule has 3 heterocycles. The zero-order valence-corrected chi connectivity index (χ0v) is 17.6.